The van der Waals surface area contributed by atoms with Crippen LogP contribution < -0.4 is 10.6 Å². The van der Waals surface area contributed by atoms with Gasteiger partial charge in [-0.2, -0.15) is 0 Å². The first-order chi connectivity index (χ1) is 10.5. The molecule has 4 nitrogen and oxygen atoms in total. The first-order valence-electron chi connectivity index (χ1n) is 7.79. The van der Waals surface area contributed by atoms with Crippen LogP contribution >= 0.6 is 11.6 Å². The van der Waals surface area contributed by atoms with Crippen LogP contribution in [0, 0.1) is 5.92 Å². The number of nitrogens with one attached hydrogen (secondary N) is 2. The Hall–Kier alpha value is -1.55. The maximum Gasteiger partial charge on any atom is 0.251 e. The lowest BCUT2D eigenvalue weighted by atomic mass is 10.0. The van der Waals surface area contributed by atoms with Crippen molar-refractivity contribution in [3.05, 3.63) is 34.9 Å². The van der Waals surface area contributed by atoms with Crippen molar-refractivity contribution in [3.63, 3.8) is 0 Å². The Morgan fingerprint density at radius 1 is 1.14 bits per heavy atom. The number of hydrogen-bond acceptors (Lipinski definition) is 2. The maximum atomic E-state index is 12.2. The number of carbonyl (C=O) groups is 2. The highest BCUT2D eigenvalue weighted by Gasteiger charge is 2.24. The molecule has 0 saturated heterocycles. The topological polar surface area (TPSA) is 58.2 Å². The van der Waals surface area contributed by atoms with Gasteiger partial charge in [-0.3, -0.25) is 9.59 Å². The van der Waals surface area contributed by atoms with Gasteiger partial charge in [-0.1, -0.05) is 45.2 Å². The lowest BCUT2D eigenvalue weighted by molar-refractivity contribution is -0.123. The smallest absolute Gasteiger partial charge is 0.251 e. The van der Waals surface area contributed by atoms with Crippen molar-refractivity contribution < 1.29 is 9.59 Å². The van der Waals surface area contributed by atoms with E-state index in [1.807, 2.05) is 13.8 Å². The van der Waals surface area contributed by atoms with Crippen molar-refractivity contribution >= 4 is 23.4 Å². The van der Waals surface area contributed by atoms with Gasteiger partial charge in [0.25, 0.3) is 5.91 Å². The molecule has 2 amide bonds. The van der Waals surface area contributed by atoms with Gasteiger partial charge in [0.05, 0.1) is 0 Å². The fourth-order valence-corrected chi connectivity index (χ4v) is 2.18. The van der Waals surface area contributed by atoms with Crippen molar-refractivity contribution in [3.8, 4) is 0 Å². The highest BCUT2D eigenvalue weighted by molar-refractivity contribution is 6.30. The van der Waals surface area contributed by atoms with E-state index in [0.717, 1.165) is 19.3 Å². The Bertz CT molecular complexity index is 486. The summed E-state index contributed by atoms with van der Waals surface area (Å²) >= 11 is 5.81. The zero-order valence-corrected chi connectivity index (χ0v) is 14.2. The average Bonchev–Trinajstić information content (AvgIpc) is 2.49. The zero-order valence-electron chi connectivity index (χ0n) is 13.5. The quantitative estimate of drug-likeness (QED) is 0.720. The monoisotopic (exact) mass is 324 g/mol. The first-order valence-corrected chi connectivity index (χ1v) is 8.17. The molecule has 1 atom stereocenters. The number of rotatable bonds is 8. The van der Waals surface area contributed by atoms with Crippen LogP contribution in [-0.4, -0.2) is 24.4 Å². The van der Waals surface area contributed by atoms with Crippen molar-refractivity contribution in [1.82, 2.24) is 10.6 Å². The van der Waals surface area contributed by atoms with Crippen LogP contribution in [0.5, 0.6) is 0 Å². The largest absolute Gasteiger partial charge is 0.354 e. The molecule has 2 N–H and O–H groups in total. The summed E-state index contributed by atoms with van der Waals surface area (Å²) in [5.74, 6) is -0.380. The van der Waals surface area contributed by atoms with Gasteiger partial charge in [-0.15, -0.1) is 0 Å². The van der Waals surface area contributed by atoms with Crippen LogP contribution in [0.25, 0.3) is 0 Å². The van der Waals surface area contributed by atoms with E-state index in [-0.39, 0.29) is 17.7 Å². The van der Waals surface area contributed by atoms with Gasteiger partial charge in [0, 0.05) is 17.1 Å². The zero-order chi connectivity index (χ0) is 16.5. The molecule has 122 valence electrons. The Labute approximate surface area is 137 Å². The standard InChI is InChI=1S/C17H25ClN2O2/c1-4-5-6-11-19-17(22)15(12(2)3)20-16(21)13-7-9-14(18)10-8-13/h7-10,12,15H,4-6,11H2,1-3H3,(H,19,22)(H,20,21)/t15-/m0/s1. The fourth-order valence-electron chi connectivity index (χ4n) is 2.06. The second-order valence-electron chi connectivity index (χ2n) is 5.70. The van der Waals surface area contributed by atoms with Crippen LogP contribution in [0.1, 0.15) is 50.4 Å². The van der Waals surface area contributed by atoms with E-state index < -0.39 is 6.04 Å². The van der Waals surface area contributed by atoms with Gasteiger partial charge < -0.3 is 10.6 Å². The second-order valence-corrected chi connectivity index (χ2v) is 6.14. The molecule has 0 heterocycles. The van der Waals surface area contributed by atoms with Crippen LogP contribution in [0.15, 0.2) is 24.3 Å². The third-order valence-corrected chi connectivity index (χ3v) is 3.67. The summed E-state index contributed by atoms with van der Waals surface area (Å²) in [7, 11) is 0. The van der Waals surface area contributed by atoms with E-state index in [2.05, 4.69) is 17.6 Å². The molecule has 1 aromatic carbocycles. The molecular weight excluding hydrogens is 300 g/mol. The summed E-state index contributed by atoms with van der Waals surface area (Å²) in [4.78, 5) is 24.4. The number of carbonyl (C=O) groups excluding carboxylic acids is 2. The second kappa shape index (κ2) is 9.46. The van der Waals surface area contributed by atoms with Gasteiger partial charge in [0.2, 0.25) is 5.91 Å². The number of halogens is 1. The number of benzene rings is 1. The molecule has 5 heteroatoms. The molecule has 0 bridgehead atoms. The maximum absolute atomic E-state index is 12.2. The molecular formula is C17H25ClN2O2. The SMILES string of the molecule is CCCCCNC(=O)[C@@H](NC(=O)c1ccc(Cl)cc1)C(C)C. The van der Waals surface area contributed by atoms with Crippen molar-refractivity contribution in [1.29, 1.82) is 0 Å². The minimum absolute atomic E-state index is 0.0161. The predicted octanol–water partition coefficient (Wildman–Crippen LogP) is 3.40. The third-order valence-electron chi connectivity index (χ3n) is 3.42. The Morgan fingerprint density at radius 2 is 1.77 bits per heavy atom. The molecule has 1 aromatic rings. The molecule has 0 radical (unpaired) electrons. The van der Waals surface area contributed by atoms with E-state index in [0.29, 0.717) is 17.1 Å². The van der Waals surface area contributed by atoms with Crippen LogP contribution in [0.2, 0.25) is 5.02 Å². The van der Waals surface area contributed by atoms with Crippen LogP contribution in [0.3, 0.4) is 0 Å². The lowest BCUT2D eigenvalue weighted by Gasteiger charge is -2.21. The van der Waals surface area contributed by atoms with E-state index in [9.17, 15) is 9.59 Å². The highest BCUT2D eigenvalue weighted by atomic mass is 35.5. The van der Waals surface area contributed by atoms with E-state index in [4.69, 9.17) is 11.6 Å². The molecule has 0 fully saturated rings. The third kappa shape index (κ3) is 6.06. The van der Waals surface area contributed by atoms with Crippen molar-refractivity contribution in [2.24, 2.45) is 5.92 Å². The van der Waals surface area contributed by atoms with Crippen molar-refractivity contribution in [2.45, 2.75) is 46.1 Å². The van der Waals surface area contributed by atoms with Gasteiger partial charge >= 0.3 is 0 Å². The summed E-state index contributed by atoms with van der Waals surface area (Å²) in [6.07, 6.45) is 3.15. The van der Waals surface area contributed by atoms with Crippen LogP contribution in [0.4, 0.5) is 0 Å². The Balaban J connectivity index is 2.61. The Morgan fingerprint density at radius 3 is 2.32 bits per heavy atom. The summed E-state index contributed by atoms with van der Waals surface area (Å²) in [6, 6.07) is 6.07. The normalized spacial score (nSPS) is 12.0. The highest BCUT2D eigenvalue weighted by Crippen LogP contribution is 2.10. The van der Waals surface area contributed by atoms with Gasteiger partial charge in [0.15, 0.2) is 0 Å². The van der Waals surface area contributed by atoms with E-state index >= 15 is 0 Å². The predicted molar refractivity (Wildman–Crippen MR) is 90.1 cm³/mol. The van der Waals surface area contributed by atoms with Crippen molar-refractivity contribution in [2.75, 3.05) is 6.54 Å². The summed E-state index contributed by atoms with van der Waals surface area (Å²) in [5, 5.41) is 6.26. The molecule has 0 saturated carbocycles. The fraction of sp³-hybridized carbons (Fsp3) is 0.529. The van der Waals surface area contributed by atoms with Gasteiger partial charge in [0.1, 0.15) is 6.04 Å². The summed E-state index contributed by atoms with van der Waals surface area (Å²) < 4.78 is 0. The van der Waals surface area contributed by atoms with E-state index in [1.54, 1.807) is 24.3 Å². The van der Waals surface area contributed by atoms with Gasteiger partial charge in [-0.25, -0.2) is 0 Å². The molecule has 0 aliphatic rings. The molecule has 0 aliphatic carbocycles. The summed E-state index contributed by atoms with van der Waals surface area (Å²) in [5.41, 5.74) is 0.494. The summed E-state index contributed by atoms with van der Waals surface area (Å²) in [6.45, 7) is 6.59. The lowest BCUT2D eigenvalue weighted by Crippen LogP contribution is -2.49. The molecule has 0 aromatic heterocycles. The minimum atomic E-state index is -0.537. The molecule has 1 rings (SSSR count). The number of unbranched alkanes of at least 4 members (excludes halogenated alkanes) is 2. The Kier molecular flexibility index (Phi) is 7.96. The van der Waals surface area contributed by atoms with E-state index in [1.165, 1.54) is 0 Å². The molecule has 0 spiro atoms. The molecule has 0 aliphatic heterocycles. The van der Waals surface area contributed by atoms with Crippen LogP contribution in [-0.2, 0) is 4.79 Å². The number of hydrogen-bond donors (Lipinski definition) is 2. The minimum Gasteiger partial charge on any atom is -0.354 e. The van der Waals surface area contributed by atoms with Gasteiger partial charge in [-0.05, 0) is 36.6 Å². The molecule has 0 unspecified atom stereocenters. The number of amides is 2. The molecule has 22 heavy (non-hydrogen) atoms. The first kappa shape index (κ1) is 18.5. The average molecular weight is 325 g/mol.